The molecule has 1 atom stereocenters. The van der Waals surface area contributed by atoms with Gasteiger partial charge in [0.05, 0.1) is 6.04 Å². The van der Waals surface area contributed by atoms with Gasteiger partial charge in [0.15, 0.2) is 0 Å². The van der Waals surface area contributed by atoms with Gasteiger partial charge in [-0.1, -0.05) is 49.6 Å². The first-order valence-electron chi connectivity index (χ1n) is 5.93. The molecule has 0 spiro atoms. The normalized spacial score (nSPS) is 18.2. The Morgan fingerprint density at radius 2 is 1.81 bits per heavy atom. The number of benzene rings is 1. The van der Waals surface area contributed by atoms with E-state index in [1.54, 1.807) is 0 Å². The van der Waals surface area contributed by atoms with Crippen molar-refractivity contribution in [3.05, 3.63) is 60.7 Å². The molecule has 1 nitrogen and oxygen atoms in total. The summed E-state index contributed by atoms with van der Waals surface area (Å²) in [7, 11) is 0. The Morgan fingerprint density at radius 3 is 2.38 bits per heavy atom. The van der Waals surface area contributed by atoms with E-state index < -0.39 is 0 Å². The van der Waals surface area contributed by atoms with Crippen molar-refractivity contribution in [2.75, 3.05) is 13.1 Å². The summed E-state index contributed by atoms with van der Waals surface area (Å²) < 4.78 is 0. The first-order chi connectivity index (χ1) is 7.83. The third-order valence-corrected chi connectivity index (χ3v) is 3.23. The van der Waals surface area contributed by atoms with Crippen LogP contribution >= 0.6 is 0 Å². The molecular formula is C15H19N. The fourth-order valence-corrected chi connectivity index (χ4v) is 2.41. The molecule has 1 aliphatic heterocycles. The number of hydrogen-bond donors (Lipinski definition) is 0. The molecule has 1 saturated heterocycles. The van der Waals surface area contributed by atoms with E-state index in [-0.39, 0.29) is 0 Å². The highest BCUT2D eigenvalue weighted by Crippen LogP contribution is 2.30. The highest BCUT2D eigenvalue weighted by atomic mass is 15.2. The van der Waals surface area contributed by atoms with E-state index in [0.29, 0.717) is 6.04 Å². The molecule has 1 aliphatic rings. The topological polar surface area (TPSA) is 3.24 Å². The summed E-state index contributed by atoms with van der Waals surface area (Å²) in [4.78, 5) is 2.50. The summed E-state index contributed by atoms with van der Waals surface area (Å²) in [6, 6.07) is 10.9. The summed E-state index contributed by atoms with van der Waals surface area (Å²) in [5.41, 5.74) is 2.43. The molecule has 0 radical (unpaired) electrons. The van der Waals surface area contributed by atoms with Crippen molar-refractivity contribution in [2.24, 2.45) is 0 Å². The zero-order valence-corrected chi connectivity index (χ0v) is 9.73. The van der Waals surface area contributed by atoms with E-state index in [9.17, 15) is 0 Å². The van der Waals surface area contributed by atoms with Crippen LogP contribution in [0.15, 0.2) is 55.1 Å². The van der Waals surface area contributed by atoms with Crippen LogP contribution in [0.4, 0.5) is 0 Å². The largest absolute Gasteiger partial charge is 0.292 e. The summed E-state index contributed by atoms with van der Waals surface area (Å²) in [6.07, 6.45) is 4.48. The Labute approximate surface area is 98.1 Å². The van der Waals surface area contributed by atoms with Gasteiger partial charge in [-0.2, -0.15) is 0 Å². The van der Waals surface area contributed by atoms with Gasteiger partial charge in [-0.3, -0.25) is 4.90 Å². The number of nitrogens with zero attached hydrogens (tertiary/aromatic N) is 1. The molecule has 1 heterocycles. The summed E-state index contributed by atoms with van der Waals surface area (Å²) >= 11 is 0. The van der Waals surface area contributed by atoms with E-state index in [1.807, 2.05) is 6.08 Å². The van der Waals surface area contributed by atoms with Gasteiger partial charge in [-0.05, 0) is 37.1 Å². The molecular weight excluding hydrogens is 194 g/mol. The van der Waals surface area contributed by atoms with Crippen molar-refractivity contribution in [2.45, 2.75) is 18.9 Å². The SMILES string of the molecule is C=CC(=C)C(c1ccccc1)N1CCCC1. The monoisotopic (exact) mass is 213 g/mol. The van der Waals surface area contributed by atoms with Crippen LogP contribution in [0.5, 0.6) is 0 Å². The highest BCUT2D eigenvalue weighted by molar-refractivity contribution is 5.32. The molecule has 1 aromatic rings. The highest BCUT2D eigenvalue weighted by Gasteiger charge is 2.24. The second kappa shape index (κ2) is 5.13. The van der Waals surface area contributed by atoms with Crippen LogP contribution in [0.25, 0.3) is 0 Å². The lowest BCUT2D eigenvalue weighted by atomic mass is 9.98. The van der Waals surface area contributed by atoms with Crippen LogP contribution in [0.1, 0.15) is 24.4 Å². The minimum Gasteiger partial charge on any atom is -0.292 e. The lowest BCUT2D eigenvalue weighted by molar-refractivity contribution is 0.281. The molecule has 1 unspecified atom stereocenters. The lowest BCUT2D eigenvalue weighted by Crippen LogP contribution is -2.26. The molecule has 0 saturated carbocycles. The fourth-order valence-electron chi connectivity index (χ4n) is 2.41. The Balaban J connectivity index is 2.27. The third kappa shape index (κ3) is 2.25. The van der Waals surface area contributed by atoms with Crippen LogP contribution in [-0.4, -0.2) is 18.0 Å². The first-order valence-corrected chi connectivity index (χ1v) is 5.93. The van der Waals surface area contributed by atoms with Gasteiger partial charge in [0.25, 0.3) is 0 Å². The minimum absolute atomic E-state index is 0.321. The van der Waals surface area contributed by atoms with Crippen molar-refractivity contribution in [3.8, 4) is 0 Å². The van der Waals surface area contributed by atoms with Gasteiger partial charge in [-0.15, -0.1) is 0 Å². The molecule has 16 heavy (non-hydrogen) atoms. The second-order valence-electron chi connectivity index (χ2n) is 4.34. The molecule has 0 aliphatic carbocycles. The first kappa shape index (κ1) is 11.2. The van der Waals surface area contributed by atoms with Crippen molar-refractivity contribution >= 4 is 0 Å². The van der Waals surface area contributed by atoms with Gasteiger partial charge in [-0.25, -0.2) is 0 Å². The van der Waals surface area contributed by atoms with Crippen LogP contribution < -0.4 is 0 Å². The molecule has 1 heteroatoms. The predicted molar refractivity (Wildman–Crippen MR) is 69.3 cm³/mol. The molecule has 1 fully saturated rings. The third-order valence-electron chi connectivity index (χ3n) is 3.23. The molecule has 0 bridgehead atoms. The van der Waals surface area contributed by atoms with Crippen LogP contribution in [0.3, 0.4) is 0 Å². The maximum atomic E-state index is 4.13. The smallest absolute Gasteiger partial charge is 0.0595 e. The Hall–Kier alpha value is -1.34. The lowest BCUT2D eigenvalue weighted by Gasteiger charge is -2.28. The molecule has 1 aromatic carbocycles. The zero-order valence-electron chi connectivity index (χ0n) is 9.73. The van der Waals surface area contributed by atoms with E-state index in [2.05, 4.69) is 48.4 Å². The van der Waals surface area contributed by atoms with Crippen LogP contribution in [0.2, 0.25) is 0 Å². The van der Waals surface area contributed by atoms with Crippen molar-refractivity contribution in [1.82, 2.24) is 4.90 Å². The summed E-state index contributed by atoms with van der Waals surface area (Å²) in [5, 5.41) is 0. The van der Waals surface area contributed by atoms with Gasteiger partial charge < -0.3 is 0 Å². The van der Waals surface area contributed by atoms with Gasteiger partial charge in [0, 0.05) is 0 Å². The van der Waals surface area contributed by atoms with E-state index >= 15 is 0 Å². The number of likely N-dealkylation sites (tertiary alicyclic amines) is 1. The Bertz CT molecular complexity index is 360. The van der Waals surface area contributed by atoms with Crippen molar-refractivity contribution in [3.63, 3.8) is 0 Å². The predicted octanol–water partition coefficient (Wildman–Crippen LogP) is 3.57. The van der Waals surface area contributed by atoms with Gasteiger partial charge >= 0.3 is 0 Å². The maximum absolute atomic E-state index is 4.13. The van der Waals surface area contributed by atoms with Crippen molar-refractivity contribution in [1.29, 1.82) is 0 Å². The average Bonchev–Trinajstić information content (AvgIpc) is 2.84. The molecule has 0 N–H and O–H groups in total. The molecule has 0 amide bonds. The summed E-state index contributed by atoms with van der Waals surface area (Å²) in [5.74, 6) is 0. The van der Waals surface area contributed by atoms with E-state index in [4.69, 9.17) is 0 Å². The van der Waals surface area contributed by atoms with Gasteiger partial charge in [0.1, 0.15) is 0 Å². The van der Waals surface area contributed by atoms with Crippen LogP contribution in [-0.2, 0) is 0 Å². The van der Waals surface area contributed by atoms with Gasteiger partial charge in [0.2, 0.25) is 0 Å². The Kier molecular flexibility index (Phi) is 3.58. The zero-order chi connectivity index (χ0) is 11.4. The second-order valence-corrected chi connectivity index (χ2v) is 4.34. The fraction of sp³-hybridized carbons (Fsp3) is 0.333. The van der Waals surface area contributed by atoms with Crippen molar-refractivity contribution < 1.29 is 0 Å². The maximum Gasteiger partial charge on any atom is 0.0595 e. The number of rotatable bonds is 4. The van der Waals surface area contributed by atoms with E-state index in [0.717, 1.165) is 5.57 Å². The van der Waals surface area contributed by atoms with E-state index in [1.165, 1.54) is 31.5 Å². The summed E-state index contributed by atoms with van der Waals surface area (Å²) in [6.45, 7) is 10.3. The standard InChI is InChI=1S/C15H19N/c1-3-13(2)15(16-11-7-8-12-16)14-9-5-4-6-10-14/h3-6,9-10,15H,1-2,7-8,11-12H2. The number of hydrogen-bond acceptors (Lipinski definition) is 1. The molecule has 0 aromatic heterocycles. The van der Waals surface area contributed by atoms with Crippen LogP contribution in [0, 0.1) is 0 Å². The Morgan fingerprint density at radius 1 is 1.19 bits per heavy atom. The molecule has 84 valence electrons. The average molecular weight is 213 g/mol. The quantitative estimate of drug-likeness (QED) is 0.691. The minimum atomic E-state index is 0.321. The molecule has 2 rings (SSSR count).